The van der Waals surface area contributed by atoms with Crippen molar-refractivity contribution in [2.75, 3.05) is 26.2 Å². The fraction of sp³-hybridized carbons (Fsp3) is 0.400. The molecule has 0 N–H and O–H groups in total. The number of methoxy groups -OCH3 is 2. The number of nitrogens with zero attached hydrogens (tertiary/aromatic N) is 3. The van der Waals surface area contributed by atoms with Crippen LogP contribution in [0.5, 0.6) is 17.2 Å². The summed E-state index contributed by atoms with van der Waals surface area (Å²) in [4.78, 5) is 11.4. The lowest BCUT2D eigenvalue weighted by Crippen LogP contribution is -2.61. The summed E-state index contributed by atoms with van der Waals surface area (Å²) >= 11 is 0. The van der Waals surface area contributed by atoms with E-state index in [1.165, 1.54) is 0 Å². The molecule has 4 rings (SSSR count). The monoisotopic (exact) mass is 353 g/mol. The Morgan fingerprint density at radius 2 is 2.04 bits per heavy atom. The van der Waals surface area contributed by atoms with Crippen LogP contribution in [-0.4, -0.2) is 38.2 Å². The highest BCUT2D eigenvalue weighted by Gasteiger charge is 2.61. The fourth-order valence-corrected chi connectivity index (χ4v) is 4.05. The number of pyridine rings is 1. The quantitative estimate of drug-likeness (QED) is 0.842. The van der Waals surface area contributed by atoms with E-state index in [-0.39, 0.29) is 5.41 Å². The minimum absolute atomic E-state index is 0.303. The van der Waals surface area contributed by atoms with Gasteiger partial charge in [0.2, 0.25) is 5.72 Å². The minimum atomic E-state index is -0.761. The third kappa shape index (κ3) is 1.92. The summed E-state index contributed by atoms with van der Waals surface area (Å²) in [7, 11) is 5.24. The molecule has 6 heteroatoms. The Balaban J connectivity index is 1.91. The Morgan fingerprint density at radius 3 is 2.73 bits per heavy atom. The Morgan fingerprint density at radius 1 is 1.23 bits per heavy atom. The minimum Gasteiger partial charge on any atom is -0.496 e. The van der Waals surface area contributed by atoms with E-state index in [9.17, 15) is 0 Å². The molecule has 1 spiro atoms. The van der Waals surface area contributed by atoms with Crippen LogP contribution in [0.25, 0.3) is 0 Å². The Labute approximate surface area is 153 Å². The zero-order valence-electron chi connectivity index (χ0n) is 15.7. The van der Waals surface area contributed by atoms with Gasteiger partial charge in [-0.05, 0) is 19.4 Å². The number of hydrogen-bond acceptors (Lipinski definition) is 6. The standard InChI is InChI=1S/C20H23N3O3/c1-6-19(2)14-8-7-9-21-18(14)23(3)20(19)12-22-17-15(25-5)10-13(24-4)11-16(17)26-20/h7-12H,6H2,1-5H3. The molecule has 0 fully saturated rings. The number of benzene rings is 1. The van der Waals surface area contributed by atoms with Gasteiger partial charge in [0.05, 0.1) is 25.8 Å². The van der Waals surface area contributed by atoms with Crippen molar-refractivity contribution in [2.24, 2.45) is 4.99 Å². The van der Waals surface area contributed by atoms with Gasteiger partial charge in [-0.2, -0.15) is 0 Å². The highest BCUT2D eigenvalue weighted by molar-refractivity contribution is 5.88. The van der Waals surface area contributed by atoms with E-state index in [4.69, 9.17) is 19.2 Å². The van der Waals surface area contributed by atoms with E-state index in [0.29, 0.717) is 22.9 Å². The number of hydrogen-bond donors (Lipinski definition) is 0. The summed E-state index contributed by atoms with van der Waals surface area (Å²) in [5.41, 5.74) is 0.774. The molecular formula is C20H23N3O3. The van der Waals surface area contributed by atoms with E-state index in [2.05, 4.69) is 29.8 Å². The normalized spacial score (nSPS) is 25.7. The van der Waals surface area contributed by atoms with E-state index < -0.39 is 5.72 Å². The molecule has 0 bridgehead atoms. The predicted molar refractivity (Wildman–Crippen MR) is 101 cm³/mol. The third-order valence-electron chi connectivity index (χ3n) is 5.80. The molecule has 2 atom stereocenters. The van der Waals surface area contributed by atoms with Gasteiger partial charge in [-0.1, -0.05) is 13.0 Å². The van der Waals surface area contributed by atoms with Crippen LogP contribution >= 0.6 is 0 Å². The molecule has 0 saturated carbocycles. The largest absolute Gasteiger partial charge is 0.496 e. The van der Waals surface area contributed by atoms with Crippen molar-refractivity contribution in [1.29, 1.82) is 0 Å². The maximum atomic E-state index is 6.64. The highest BCUT2D eigenvalue weighted by Crippen LogP contribution is 2.55. The number of anilines is 1. The molecular weight excluding hydrogens is 330 g/mol. The highest BCUT2D eigenvalue weighted by atomic mass is 16.5. The maximum Gasteiger partial charge on any atom is 0.230 e. The lowest BCUT2D eigenvalue weighted by atomic mass is 9.74. The number of aliphatic imine (C=N–C) groups is 1. The number of rotatable bonds is 3. The van der Waals surface area contributed by atoms with Crippen LogP contribution in [0.1, 0.15) is 25.8 Å². The van der Waals surface area contributed by atoms with Crippen LogP contribution < -0.4 is 19.1 Å². The molecule has 1 aromatic heterocycles. The molecule has 0 aliphatic carbocycles. The van der Waals surface area contributed by atoms with Crippen LogP contribution in [0.3, 0.4) is 0 Å². The molecule has 1 aromatic carbocycles. The topological polar surface area (TPSA) is 56.2 Å². The first kappa shape index (κ1) is 16.7. The molecule has 2 aromatic rings. The molecule has 0 radical (unpaired) electrons. The SMILES string of the molecule is CCC1(C)c2cccnc2N(C)C12C=Nc1c(OC)cc(OC)cc1O2. The Kier molecular flexibility index (Phi) is 3.61. The van der Waals surface area contributed by atoms with E-state index in [0.717, 1.165) is 17.8 Å². The lowest BCUT2D eigenvalue weighted by Gasteiger charge is -2.45. The number of fused-ring (bicyclic) bond motifs is 2. The predicted octanol–water partition coefficient (Wildman–Crippen LogP) is 3.71. The molecule has 26 heavy (non-hydrogen) atoms. The zero-order valence-corrected chi connectivity index (χ0v) is 15.7. The molecule has 3 heterocycles. The van der Waals surface area contributed by atoms with E-state index in [1.54, 1.807) is 14.2 Å². The second kappa shape index (κ2) is 5.62. The van der Waals surface area contributed by atoms with Gasteiger partial charge in [0.15, 0.2) is 11.5 Å². The molecule has 2 aliphatic heterocycles. The van der Waals surface area contributed by atoms with E-state index >= 15 is 0 Å². The Bertz CT molecular complexity index is 898. The first-order chi connectivity index (χ1) is 12.5. The molecule has 0 amide bonds. The van der Waals surface area contributed by atoms with Crippen LogP contribution in [0.15, 0.2) is 35.5 Å². The number of aromatic nitrogens is 1. The van der Waals surface area contributed by atoms with E-state index in [1.807, 2.05) is 37.7 Å². The van der Waals surface area contributed by atoms with Crippen LogP contribution in [0.2, 0.25) is 0 Å². The number of likely N-dealkylation sites (N-methyl/N-ethyl adjacent to an activating group) is 1. The van der Waals surface area contributed by atoms with Gasteiger partial charge in [-0.25, -0.2) is 9.98 Å². The maximum absolute atomic E-state index is 6.64. The average Bonchev–Trinajstić information content (AvgIpc) is 2.87. The van der Waals surface area contributed by atoms with Crippen molar-refractivity contribution in [3.05, 3.63) is 36.0 Å². The summed E-state index contributed by atoms with van der Waals surface area (Å²) in [6.07, 6.45) is 4.57. The van der Waals surface area contributed by atoms with Crippen molar-refractivity contribution in [3.8, 4) is 17.2 Å². The zero-order chi connectivity index (χ0) is 18.5. The average molecular weight is 353 g/mol. The fourth-order valence-electron chi connectivity index (χ4n) is 4.05. The van der Waals surface area contributed by atoms with Crippen molar-refractivity contribution >= 4 is 17.7 Å². The summed E-state index contributed by atoms with van der Waals surface area (Å²) in [5, 5.41) is 0. The van der Waals surface area contributed by atoms with Crippen molar-refractivity contribution in [3.63, 3.8) is 0 Å². The van der Waals surface area contributed by atoms with Crippen molar-refractivity contribution < 1.29 is 14.2 Å². The van der Waals surface area contributed by atoms with Gasteiger partial charge in [0.25, 0.3) is 0 Å². The Hall–Kier alpha value is -2.76. The van der Waals surface area contributed by atoms with Gasteiger partial charge < -0.3 is 19.1 Å². The first-order valence-corrected chi connectivity index (χ1v) is 8.70. The van der Waals surface area contributed by atoms with Crippen LogP contribution in [-0.2, 0) is 5.41 Å². The van der Waals surface area contributed by atoms with Crippen LogP contribution in [0.4, 0.5) is 11.5 Å². The summed E-state index contributed by atoms with van der Waals surface area (Å²) < 4.78 is 17.5. The first-order valence-electron chi connectivity index (χ1n) is 8.70. The lowest BCUT2D eigenvalue weighted by molar-refractivity contribution is 0.0697. The van der Waals surface area contributed by atoms with Gasteiger partial charge in [-0.15, -0.1) is 0 Å². The second-order valence-electron chi connectivity index (χ2n) is 6.85. The van der Waals surface area contributed by atoms with Gasteiger partial charge in [0, 0.05) is 30.9 Å². The van der Waals surface area contributed by atoms with Crippen molar-refractivity contribution in [1.82, 2.24) is 4.98 Å². The number of ether oxygens (including phenoxy) is 3. The van der Waals surface area contributed by atoms with Crippen molar-refractivity contribution in [2.45, 2.75) is 31.4 Å². The summed E-state index contributed by atoms with van der Waals surface area (Å²) in [6, 6.07) is 7.76. The molecule has 136 valence electrons. The third-order valence-corrected chi connectivity index (χ3v) is 5.80. The molecule has 6 nitrogen and oxygen atoms in total. The molecule has 0 saturated heterocycles. The smallest absolute Gasteiger partial charge is 0.230 e. The molecule has 2 unspecified atom stereocenters. The second-order valence-corrected chi connectivity index (χ2v) is 6.85. The summed E-state index contributed by atoms with van der Waals surface area (Å²) in [6.45, 7) is 4.36. The van der Waals surface area contributed by atoms with Gasteiger partial charge in [-0.3, -0.25) is 0 Å². The summed E-state index contributed by atoms with van der Waals surface area (Å²) in [5.74, 6) is 2.85. The van der Waals surface area contributed by atoms with Gasteiger partial charge >= 0.3 is 0 Å². The van der Waals surface area contributed by atoms with Crippen LogP contribution in [0, 0.1) is 0 Å². The van der Waals surface area contributed by atoms with Gasteiger partial charge in [0.1, 0.15) is 17.3 Å². The molecule has 2 aliphatic rings.